The predicted molar refractivity (Wildman–Crippen MR) is 257 cm³/mol. The highest BCUT2D eigenvalue weighted by molar-refractivity contribution is 5.92. The van der Waals surface area contributed by atoms with E-state index in [2.05, 4.69) is 109 Å². The number of carbonyl (C=O) groups is 5. The monoisotopic (exact) mass is 890 g/mol. The first-order valence-electron chi connectivity index (χ1n) is 22.5. The zero-order valence-electron chi connectivity index (χ0n) is 38.3. The van der Waals surface area contributed by atoms with Crippen LogP contribution in [0.5, 0.6) is 0 Å². The Morgan fingerprint density at radius 1 is 0.754 bits per heavy atom. The first kappa shape index (κ1) is 49.4. The number of unbranched alkanes of at least 4 members (excludes halogenated alkanes) is 1. The van der Waals surface area contributed by atoms with Crippen LogP contribution >= 0.6 is 0 Å². The number of benzene rings is 4. The van der Waals surface area contributed by atoms with Crippen molar-refractivity contribution in [3.05, 3.63) is 91.0 Å². The number of nitrogens with zero attached hydrogens (tertiary/aromatic N) is 4. The number of hydrogen-bond acceptors (Lipinski definition) is 12. The highest BCUT2D eigenvalue weighted by Crippen LogP contribution is 2.25. The quantitative estimate of drug-likeness (QED) is 0.0170. The minimum atomic E-state index is -0.959. The van der Waals surface area contributed by atoms with E-state index in [0.717, 1.165) is 63.6 Å². The maximum Gasteiger partial charge on any atom is 0.239 e. The first-order chi connectivity index (χ1) is 31.4. The molecule has 0 saturated carbocycles. The summed E-state index contributed by atoms with van der Waals surface area (Å²) in [6.45, 7) is 7.84. The summed E-state index contributed by atoms with van der Waals surface area (Å²) >= 11 is 0. The number of ketones is 2. The molecule has 7 N–H and O–H groups in total. The van der Waals surface area contributed by atoms with Gasteiger partial charge in [-0.2, -0.15) is 0 Å². The molecule has 1 heterocycles. The highest BCUT2D eigenvalue weighted by Gasteiger charge is 2.24. The van der Waals surface area contributed by atoms with Gasteiger partial charge in [0.05, 0.1) is 43.0 Å². The van der Waals surface area contributed by atoms with Crippen molar-refractivity contribution in [1.82, 2.24) is 26.3 Å². The zero-order valence-corrected chi connectivity index (χ0v) is 38.3. The van der Waals surface area contributed by atoms with E-state index in [1.807, 2.05) is 49.5 Å². The van der Waals surface area contributed by atoms with Crippen molar-refractivity contribution >= 4 is 74.1 Å². The van der Waals surface area contributed by atoms with Crippen molar-refractivity contribution in [2.24, 2.45) is 5.92 Å². The van der Waals surface area contributed by atoms with Crippen LogP contribution in [0, 0.1) is 5.92 Å². The van der Waals surface area contributed by atoms with Gasteiger partial charge in [-0.25, -0.2) is 4.98 Å². The smallest absolute Gasteiger partial charge is 0.239 e. The molecule has 0 aliphatic rings. The van der Waals surface area contributed by atoms with Gasteiger partial charge in [0, 0.05) is 81.7 Å². The van der Waals surface area contributed by atoms with Crippen molar-refractivity contribution in [3.63, 3.8) is 0 Å². The van der Waals surface area contributed by atoms with Gasteiger partial charge in [0.2, 0.25) is 34.4 Å². The van der Waals surface area contributed by atoms with Crippen LogP contribution in [0.2, 0.25) is 0 Å². The molecule has 346 valence electrons. The molecule has 5 rings (SSSR count). The Labute approximate surface area is 381 Å². The van der Waals surface area contributed by atoms with E-state index in [1.54, 1.807) is 7.05 Å². The van der Waals surface area contributed by atoms with E-state index >= 15 is 0 Å². The maximum atomic E-state index is 12.6. The van der Waals surface area contributed by atoms with Crippen molar-refractivity contribution in [2.75, 3.05) is 80.6 Å². The van der Waals surface area contributed by atoms with Crippen LogP contribution in [-0.2, 0) is 24.0 Å². The number of fused-ring (bicyclic) bond motifs is 2. The molecule has 3 amide bonds. The molecule has 65 heavy (non-hydrogen) atoms. The topological polar surface area (TPSA) is 201 Å². The molecule has 2 atom stereocenters. The maximum absolute atomic E-state index is 12.6. The van der Waals surface area contributed by atoms with Crippen molar-refractivity contribution in [1.29, 1.82) is 0 Å². The second kappa shape index (κ2) is 25.0. The fourth-order valence-electron chi connectivity index (χ4n) is 7.62. The summed E-state index contributed by atoms with van der Waals surface area (Å²) in [4.78, 5) is 70.9. The van der Waals surface area contributed by atoms with Crippen molar-refractivity contribution in [2.45, 2.75) is 65.3 Å². The SMILES string of the molecule is CCN(CC)c1ccc2nc3ccc(NNc4ccc(N(C)CCCC(=O)NCCCCC(NC(=O)CNC(=O)C(CO)CC(=O)CNC)C(C)=O)cc4)cc3[n+](-c3ccccc3)c2c1. The van der Waals surface area contributed by atoms with Gasteiger partial charge in [0.1, 0.15) is 16.8 Å². The number of aliphatic hydroxyl groups is 1. The summed E-state index contributed by atoms with van der Waals surface area (Å²) in [5.41, 5.74) is 15.5. The molecule has 0 spiro atoms. The fraction of sp³-hybridized carbons (Fsp3) is 0.408. The van der Waals surface area contributed by atoms with Gasteiger partial charge in [-0.3, -0.25) is 24.0 Å². The van der Waals surface area contributed by atoms with Crippen LogP contribution in [0.15, 0.2) is 91.0 Å². The lowest BCUT2D eigenvalue weighted by Gasteiger charge is -2.20. The summed E-state index contributed by atoms with van der Waals surface area (Å²) in [6.07, 6.45) is 2.47. The van der Waals surface area contributed by atoms with E-state index in [4.69, 9.17) is 4.98 Å². The Morgan fingerprint density at radius 2 is 1.42 bits per heavy atom. The standard InChI is InChI=1S/C49H64N10O6/c1-6-58(7-2)40-23-25-44-46(30-40)59(39-14-9-8-10-15-39)45-29-37(20-24-43(45)53-44)56-55-36-18-21-38(22-19-36)57(5)27-13-17-47(63)51-26-12-11-16-42(34(3)61)54-48(64)32-52-49(65)35(33-60)28-41(62)31-50-4/h8-10,14-15,18-25,29-30,35,42,50,60H,6-7,11-13,16-17,26-28,31-33H2,1-5H3,(H4,51,52,53,54,55,63,64,65)/p+1. The summed E-state index contributed by atoms with van der Waals surface area (Å²) in [7, 11) is 3.60. The molecule has 16 nitrogen and oxygen atoms in total. The minimum absolute atomic E-state index is 0.0543. The number of rotatable bonds is 27. The number of amides is 3. The van der Waals surface area contributed by atoms with Gasteiger partial charge in [0.25, 0.3) is 0 Å². The average molecular weight is 890 g/mol. The van der Waals surface area contributed by atoms with E-state index in [9.17, 15) is 29.1 Å². The molecule has 16 heteroatoms. The number of aromatic nitrogens is 2. The molecular formula is C49H65N10O6+. The third kappa shape index (κ3) is 14.4. The van der Waals surface area contributed by atoms with Gasteiger partial charge in [-0.1, -0.05) is 18.2 Å². The van der Waals surface area contributed by atoms with E-state index in [0.29, 0.717) is 45.2 Å². The van der Waals surface area contributed by atoms with Gasteiger partial charge >= 0.3 is 0 Å². The zero-order chi connectivity index (χ0) is 46.7. The average Bonchev–Trinajstić information content (AvgIpc) is 3.31. The van der Waals surface area contributed by atoms with Crippen molar-refractivity contribution in [3.8, 4) is 5.69 Å². The summed E-state index contributed by atoms with van der Waals surface area (Å²) in [5, 5.41) is 20.2. The minimum Gasteiger partial charge on any atom is -0.396 e. The molecule has 0 aliphatic carbocycles. The second-order valence-electron chi connectivity index (χ2n) is 16.1. The predicted octanol–water partition coefficient (Wildman–Crippen LogP) is 4.43. The van der Waals surface area contributed by atoms with E-state index in [-0.39, 0.29) is 37.0 Å². The number of carbonyl (C=O) groups excluding carboxylic acids is 5. The largest absolute Gasteiger partial charge is 0.396 e. The summed E-state index contributed by atoms with van der Waals surface area (Å²) < 4.78 is 2.27. The van der Waals surface area contributed by atoms with Crippen LogP contribution < -0.4 is 46.5 Å². The number of nitrogens with one attached hydrogen (secondary N) is 6. The van der Waals surface area contributed by atoms with Gasteiger partial charge < -0.3 is 47.0 Å². The number of hydrazine groups is 1. The summed E-state index contributed by atoms with van der Waals surface area (Å²) in [6, 6.07) is 30.3. The molecule has 2 unspecified atom stereocenters. The first-order valence-corrected chi connectivity index (χ1v) is 22.5. The van der Waals surface area contributed by atoms with Crippen LogP contribution in [0.3, 0.4) is 0 Å². The third-order valence-corrected chi connectivity index (χ3v) is 11.3. The molecular weight excluding hydrogens is 825 g/mol. The van der Waals surface area contributed by atoms with E-state index < -0.39 is 30.4 Å². The number of para-hydroxylation sites is 1. The lowest BCUT2D eigenvalue weighted by molar-refractivity contribution is -0.538. The third-order valence-electron chi connectivity index (χ3n) is 11.3. The van der Waals surface area contributed by atoms with E-state index in [1.165, 1.54) is 6.92 Å². The molecule has 0 bridgehead atoms. The van der Waals surface area contributed by atoms with Crippen LogP contribution in [0.4, 0.5) is 22.7 Å². The molecule has 1 aromatic heterocycles. The number of hydrogen-bond donors (Lipinski definition) is 7. The molecule has 0 saturated heterocycles. The Morgan fingerprint density at radius 3 is 2.09 bits per heavy atom. The lowest BCUT2D eigenvalue weighted by Crippen LogP contribution is -2.46. The van der Waals surface area contributed by atoms with Crippen molar-refractivity contribution < 1.29 is 33.6 Å². The highest BCUT2D eigenvalue weighted by atomic mass is 16.3. The Hall–Kier alpha value is -6.65. The van der Waals surface area contributed by atoms with Crippen LogP contribution in [0.1, 0.15) is 59.3 Å². The molecule has 0 radical (unpaired) electrons. The van der Waals surface area contributed by atoms with Gasteiger partial charge in [-0.05, 0) is 102 Å². The molecule has 4 aromatic carbocycles. The second-order valence-corrected chi connectivity index (χ2v) is 16.1. The number of likely N-dealkylation sites (N-methyl/N-ethyl adjacent to an activating group) is 1. The number of aliphatic hydroxyl groups excluding tert-OH is 1. The van der Waals surface area contributed by atoms with Crippen LogP contribution in [0.25, 0.3) is 27.8 Å². The lowest BCUT2D eigenvalue weighted by atomic mass is 10.0. The van der Waals surface area contributed by atoms with Crippen LogP contribution in [-0.4, -0.2) is 105 Å². The number of Topliss-reactive ketones (excluding diaryl/α,β-unsaturated/α-hetero) is 2. The Bertz CT molecular complexity index is 2380. The molecule has 0 aliphatic heterocycles. The Kier molecular flexibility index (Phi) is 19.0. The van der Waals surface area contributed by atoms with Gasteiger partial charge in [0.15, 0.2) is 5.78 Å². The molecule has 5 aromatic rings. The normalized spacial score (nSPS) is 12.0. The summed E-state index contributed by atoms with van der Waals surface area (Å²) in [5.74, 6) is -2.63. The molecule has 0 fully saturated rings. The van der Waals surface area contributed by atoms with Gasteiger partial charge in [-0.15, -0.1) is 4.57 Å². The fourth-order valence-corrected chi connectivity index (χ4v) is 7.62. The number of anilines is 4. The Balaban J connectivity index is 1.04.